The SMILES string of the molecule is Cn1cc(Br)cc1C(=O)Nc1ccccc1N1CCCCC1. The molecule has 22 heavy (non-hydrogen) atoms. The molecule has 116 valence electrons. The van der Waals surface area contributed by atoms with Gasteiger partial charge in [0.15, 0.2) is 0 Å². The number of amides is 1. The molecule has 1 fully saturated rings. The molecule has 3 rings (SSSR count). The van der Waals surface area contributed by atoms with Gasteiger partial charge >= 0.3 is 0 Å². The summed E-state index contributed by atoms with van der Waals surface area (Å²) in [4.78, 5) is 14.9. The Kier molecular flexibility index (Phi) is 4.52. The highest BCUT2D eigenvalue weighted by molar-refractivity contribution is 9.10. The van der Waals surface area contributed by atoms with Gasteiger partial charge in [0.25, 0.3) is 5.91 Å². The average Bonchev–Trinajstić information content (AvgIpc) is 2.87. The van der Waals surface area contributed by atoms with Crippen LogP contribution < -0.4 is 10.2 Å². The van der Waals surface area contributed by atoms with Gasteiger partial charge in [0.2, 0.25) is 0 Å². The van der Waals surface area contributed by atoms with E-state index in [4.69, 9.17) is 0 Å². The normalized spacial score (nSPS) is 14.9. The molecule has 0 bridgehead atoms. The van der Waals surface area contributed by atoms with E-state index >= 15 is 0 Å². The molecule has 2 heterocycles. The number of piperidine rings is 1. The first-order valence-corrected chi connectivity index (χ1v) is 8.41. The summed E-state index contributed by atoms with van der Waals surface area (Å²) in [6.07, 6.45) is 5.61. The zero-order valence-electron chi connectivity index (χ0n) is 12.7. The molecule has 5 heteroatoms. The van der Waals surface area contributed by atoms with Crippen molar-refractivity contribution >= 4 is 33.2 Å². The molecule has 0 unspecified atom stereocenters. The van der Waals surface area contributed by atoms with Crippen molar-refractivity contribution in [3.8, 4) is 0 Å². The van der Waals surface area contributed by atoms with Crippen LogP contribution in [0.5, 0.6) is 0 Å². The van der Waals surface area contributed by atoms with Crippen molar-refractivity contribution in [2.24, 2.45) is 7.05 Å². The summed E-state index contributed by atoms with van der Waals surface area (Å²) in [5, 5.41) is 3.06. The van der Waals surface area contributed by atoms with Crippen LogP contribution in [0.25, 0.3) is 0 Å². The second-order valence-electron chi connectivity index (χ2n) is 5.67. The fourth-order valence-corrected chi connectivity index (χ4v) is 3.45. The number of hydrogen-bond donors (Lipinski definition) is 1. The molecule has 1 amide bonds. The van der Waals surface area contributed by atoms with Crippen molar-refractivity contribution in [1.29, 1.82) is 0 Å². The monoisotopic (exact) mass is 361 g/mol. The lowest BCUT2D eigenvalue weighted by Gasteiger charge is -2.30. The third-order valence-electron chi connectivity index (χ3n) is 4.05. The molecule has 1 aliphatic heterocycles. The van der Waals surface area contributed by atoms with E-state index in [0.717, 1.165) is 28.9 Å². The fourth-order valence-electron chi connectivity index (χ4n) is 2.93. The standard InChI is InChI=1S/C17H20BrN3O/c1-20-12-13(18)11-16(20)17(22)19-14-7-3-4-8-15(14)21-9-5-2-6-10-21/h3-4,7-8,11-12H,2,5-6,9-10H2,1H3,(H,19,22). The van der Waals surface area contributed by atoms with E-state index in [-0.39, 0.29) is 5.91 Å². The summed E-state index contributed by atoms with van der Waals surface area (Å²) in [5.41, 5.74) is 2.64. The molecule has 1 aromatic carbocycles. The van der Waals surface area contributed by atoms with Crippen LogP contribution in [0.15, 0.2) is 41.0 Å². The minimum Gasteiger partial charge on any atom is -0.370 e. The first-order valence-electron chi connectivity index (χ1n) is 7.62. The van der Waals surface area contributed by atoms with E-state index in [1.807, 2.05) is 42.1 Å². The van der Waals surface area contributed by atoms with Crippen LogP contribution in [-0.2, 0) is 7.05 Å². The maximum atomic E-state index is 12.5. The second-order valence-corrected chi connectivity index (χ2v) is 6.59. The van der Waals surface area contributed by atoms with Gasteiger partial charge in [-0.1, -0.05) is 12.1 Å². The number of aryl methyl sites for hydroxylation is 1. The van der Waals surface area contributed by atoms with Crippen molar-refractivity contribution in [3.63, 3.8) is 0 Å². The fraction of sp³-hybridized carbons (Fsp3) is 0.353. The van der Waals surface area contributed by atoms with Gasteiger partial charge in [0.05, 0.1) is 11.4 Å². The number of para-hydroxylation sites is 2. The minimum atomic E-state index is -0.0855. The van der Waals surface area contributed by atoms with E-state index in [2.05, 4.69) is 32.2 Å². The average molecular weight is 362 g/mol. The topological polar surface area (TPSA) is 37.3 Å². The molecule has 1 saturated heterocycles. The molecule has 1 aliphatic rings. The Labute approximate surface area is 139 Å². The summed E-state index contributed by atoms with van der Waals surface area (Å²) >= 11 is 3.40. The minimum absolute atomic E-state index is 0.0855. The van der Waals surface area contributed by atoms with Crippen LogP contribution in [0.3, 0.4) is 0 Å². The van der Waals surface area contributed by atoms with Crippen molar-refractivity contribution in [1.82, 2.24) is 4.57 Å². The summed E-state index contributed by atoms with van der Waals surface area (Å²) in [6, 6.07) is 9.88. The lowest BCUT2D eigenvalue weighted by atomic mass is 10.1. The third-order valence-corrected chi connectivity index (χ3v) is 4.49. The Morgan fingerprint density at radius 3 is 2.59 bits per heavy atom. The zero-order valence-corrected chi connectivity index (χ0v) is 14.3. The summed E-state index contributed by atoms with van der Waals surface area (Å²) in [5.74, 6) is -0.0855. The number of benzene rings is 1. The number of aromatic nitrogens is 1. The maximum Gasteiger partial charge on any atom is 0.272 e. The van der Waals surface area contributed by atoms with Gasteiger partial charge in [-0.15, -0.1) is 0 Å². The zero-order chi connectivity index (χ0) is 15.5. The van der Waals surface area contributed by atoms with Gasteiger partial charge in [-0.25, -0.2) is 0 Å². The lowest BCUT2D eigenvalue weighted by Crippen LogP contribution is -2.30. The number of anilines is 2. The van der Waals surface area contributed by atoms with Crippen molar-refractivity contribution in [2.75, 3.05) is 23.3 Å². The van der Waals surface area contributed by atoms with Gasteiger partial charge in [0.1, 0.15) is 5.69 Å². The Bertz CT molecular complexity index is 674. The second kappa shape index (κ2) is 6.57. The Hall–Kier alpha value is -1.75. The number of hydrogen-bond acceptors (Lipinski definition) is 2. The van der Waals surface area contributed by atoms with Crippen molar-refractivity contribution in [2.45, 2.75) is 19.3 Å². The first kappa shape index (κ1) is 15.2. The smallest absolute Gasteiger partial charge is 0.272 e. The van der Waals surface area contributed by atoms with E-state index in [0.29, 0.717) is 5.69 Å². The molecule has 4 nitrogen and oxygen atoms in total. The molecule has 0 atom stereocenters. The largest absolute Gasteiger partial charge is 0.370 e. The molecule has 1 N–H and O–H groups in total. The van der Waals surface area contributed by atoms with Crippen LogP contribution in [0.2, 0.25) is 0 Å². The number of halogens is 1. The Morgan fingerprint density at radius 2 is 1.91 bits per heavy atom. The van der Waals surface area contributed by atoms with Crippen LogP contribution in [-0.4, -0.2) is 23.6 Å². The molecule has 0 aliphatic carbocycles. The quantitative estimate of drug-likeness (QED) is 0.895. The van der Waals surface area contributed by atoms with Crippen molar-refractivity contribution in [3.05, 3.63) is 46.7 Å². The number of nitrogens with one attached hydrogen (secondary N) is 1. The summed E-state index contributed by atoms with van der Waals surface area (Å²) in [7, 11) is 1.87. The Balaban J connectivity index is 1.83. The van der Waals surface area contributed by atoms with E-state index in [1.165, 1.54) is 19.3 Å². The highest BCUT2D eigenvalue weighted by Gasteiger charge is 2.17. The molecule has 2 aromatic rings. The van der Waals surface area contributed by atoms with Gasteiger partial charge < -0.3 is 14.8 Å². The molecule has 1 aromatic heterocycles. The number of rotatable bonds is 3. The molecular formula is C17H20BrN3O. The van der Waals surface area contributed by atoms with Crippen LogP contribution in [0.4, 0.5) is 11.4 Å². The maximum absolute atomic E-state index is 12.5. The van der Waals surface area contributed by atoms with Gasteiger partial charge in [0, 0.05) is 30.8 Å². The first-order chi connectivity index (χ1) is 10.6. The molecular weight excluding hydrogens is 342 g/mol. The molecule has 0 spiro atoms. The third kappa shape index (κ3) is 3.19. The van der Waals surface area contributed by atoms with Gasteiger partial charge in [-0.3, -0.25) is 4.79 Å². The van der Waals surface area contributed by atoms with E-state index in [1.54, 1.807) is 0 Å². The highest BCUT2D eigenvalue weighted by Crippen LogP contribution is 2.28. The van der Waals surface area contributed by atoms with Crippen molar-refractivity contribution < 1.29 is 4.79 Å². The van der Waals surface area contributed by atoms with Crippen LogP contribution >= 0.6 is 15.9 Å². The van der Waals surface area contributed by atoms with Crippen LogP contribution in [0.1, 0.15) is 29.8 Å². The Morgan fingerprint density at radius 1 is 1.18 bits per heavy atom. The highest BCUT2D eigenvalue weighted by atomic mass is 79.9. The molecule has 0 radical (unpaired) electrons. The lowest BCUT2D eigenvalue weighted by molar-refractivity contribution is 0.101. The number of nitrogens with zero attached hydrogens (tertiary/aromatic N) is 2. The summed E-state index contributed by atoms with van der Waals surface area (Å²) < 4.78 is 2.73. The predicted octanol–water partition coefficient (Wildman–Crippen LogP) is 4.03. The number of carbonyl (C=O) groups is 1. The van der Waals surface area contributed by atoms with E-state index in [9.17, 15) is 4.79 Å². The predicted molar refractivity (Wildman–Crippen MR) is 93.6 cm³/mol. The number of carbonyl (C=O) groups excluding carboxylic acids is 1. The van der Waals surface area contributed by atoms with Gasteiger partial charge in [-0.05, 0) is 53.4 Å². The van der Waals surface area contributed by atoms with E-state index < -0.39 is 0 Å². The summed E-state index contributed by atoms with van der Waals surface area (Å²) in [6.45, 7) is 2.12. The van der Waals surface area contributed by atoms with Gasteiger partial charge in [-0.2, -0.15) is 0 Å². The van der Waals surface area contributed by atoms with Crippen LogP contribution in [0, 0.1) is 0 Å². The molecule has 0 saturated carbocycles.